The van der Waals surface area contributed by atoms with E-state index in [4.69, 9.17) is 4.79 Å². The molecule has 2 amide bonds. The molecule has 228 valence electrons. The standard InChI is InChI=1S/C29H30F3N5OS2.CH3NO/c1-2-36-8-7-17-12-22(20(16-3-4-16)11-18(17)15-36)34-28-33-14-21(29(30,31)32)25(35-28)23-13-24-26(40-23)27(38)37(9-10-39-24)19-5-6-19;2-1-3/h11-14,16,19H,2-10,15H2,1H3,(H,33,34,35);1H,(H2,2,3). The minimum Gasteiger partial charge on any atom is -0.372 e. The Morgan fingerprint density at radius 1 is 1.14 bits per heavy atom. The number of hydrogen-bond acceptors (Lipinski definition) is 8. The molecule has 7 rings (SSSR count). The molecule has 2 aliphatic carbocycles. The summed E-state index contributed by atoms with van der Waals surface area (Å²) in [6.07, 6.45) is 1.63. The number of halogens is 3. The van der Waals surface area contributed by atoms with Crippen molar-refractivity contribution >= 4 is 47.1 Å². The van der Waals surface area contributed by atoms with Crippen LogP contribution in [0.1, 0.15) is 70.5 Å². The third kappa shape index (κ3) is 6.39. The van der Waals surface area contributed by atoms with E-state index in [1.165, 1.54) is 28.5 Å². The molecule has 2 fully saturated rings. The van der Waals surface area contributed by atoms with Gasteiger partial charge in [-0.1, -0.05) is 13.0 Å². The van der Waals surface area contributed by atoms with Gasteiger partial charge < -0.3 is 16.0 Å². The molecule has 0 unspecified atom stereocenters. The maximum atomic E-state index is 14.1. The lowest BCUT2D eigenvalue weighted by molar-refractivity contribution is -0.137. The van der Waals surface area contributed by atoms with Gasteiger partial charge in [0, 0.05) is 48.2 Å². The number of thiophene rings is 1. The Balaban J connectivity index is 0.00000105. The van der Waals surface area contributed by atoms with Crippen LogP contribution in [0.5, 0.6) is 0 Å². The Morgan fingerprint density at radius 2 is 1.91 bits per heavy atom. The first-order chi connectivity index (χ1) is 20.7. The summed E-state index contributed by atoms with van der Waals surface area (Å²) in [7, 11) is 0. The summed E-state index contributed by atoms with van der Waals surface area (Å²) < 4.78 is 42.4. The Kier molecular flexibility index (Phi) is 8.40. The summed E-state index contributed by atoms with van der Waals surface area (Å²) in [5, 5.41) is 3.29. The van der Waals surface area contributed by atoms with Gasteiger partial charge in [-0.2, -0.15) is 13.2 Å². The number of aromatic nitrogens is 2. The molecule has 0 spiro atoms. The highest BCUT2D eigenvalue weighted by molar-refractivity contribution is 7.99. The second-order valence-corrected chi connectivity index (χ2v) is 13.4. The molecule has 43 heavy (non-hydrogen) atoms. The fourth-order valence-corrected chi connectivity index (χ4v) is 8.04. The topological polar surface area (TPSA) is 104 Å². The fourth-order valence-electron chi connectivity index (χ4n) is 5.72. The second-order valence-electron chi connectivity index (χ2n) is 11.2. The normalized spacial score (nSPS) is 18.7. The van der Waals surface area contributed by atoms with Crippen LogP contribution in [-0.2, 0) is 23.9 Å². The molecule has 2 aliphatic heterocycles. The van der Waals surface area contributed by atoms with Crippen molar-refractivity contribution in [3.05, 3.63) is 51.5 Å². The highest BCUT2D eigenvalue weighted by Crippen LogP contribution is 2.47. The second kappa shape index (κ2) is 12.1. The molecular weight excluding hydrogens is 597 g/mol. The van der Waals surface area contributed by atoms with E-state index in [0.29, 0.717) is 22.2 Å². The van der Waals surface area contributed by atoms with Gasteiger partial charge in [0.2, 0.25) is 12.4 Å². The number of nitrogens with zero attached hydrogens (tertiary/aromatic N) is 4. The zero-order valence-corrected chi connectivity index (χ0v) is 25.4. The molecule has 8 nitrogen and oxygen atoms in total. The van der Waals surface area contributed by atoms with E-state index in [1.807, 2.05) is 4.90 Å². The monoisotopic (exact) mass is 630 g/mol. The summed E-state index contributed by atoms with van der Waals surface area (Å²) >= 11 is 2.64. The average Bonchev–Trinajstić information content (AvgIpc) is 3.91. The van der Waals surface area contributed by atoms with Crippen molar-refractivity contribution in [1.29, 1.82) is 0 Å². The molecule has 0 radical (unpaired) electrons. The zero-order valence-electron chi connectivity index (χ0n) is 23.7. The zero-order chi connectivity index (χ0) is 30.3. The van der Waals surface area contributed by atoms with Crippen molar-refractivity contribution in [2.75, 3.05) is 30.7 Å². The Morgan fingerprint density at radius 3 is 2.58 bits per heavy atom. The number of alkyl halides is 3. The number of likely N-dealkylation sites (N-methyl/N-ethyl adjacent to an activating group) is 1. The van der Waals surface area contributed by atoms with Crippen LogP contribution in [0, 0.1) is 0 Å². The van der Waals surface area contributed by atoms with Gasteiger partial charge in [0.15, 0.2) is 0 Å². The van der Waals surface area contributed by atoms with Crippen LogP contribution >= 0.6 is 23.1 Å². The smallest absolute Gasteiger partial charge is 0.372 e. The van der Waals surface area contributed by atoms with Crippen molar-refractivity contribution in [1.82, 2.24) is 19.8 Å². The first-order valence-electron chi connectivity index (χ1n) is 14.5. The molecule has 3 aromatic rings. The molecule has 4 heterocycles. The predicted octanol–water partition coefficient (Wildman–Crippen LogP) is 6.03. The van der Waals surface area contributed by atoms with Gasteiger partial charge in [-0.3, -0.25) is 14.5 Å². The van der Waals surface area contributed by atoms with Crippen molar-refractivity contribution < 1.29 is 22.8 Å². The number of rotatable bonds is 6. The van der Waals surface area contributed by atoms with E-state index in [-0.39, 0.29) is 30.0 Å². The predicted molar refractivity (Wildman–Crippen MR) is 162 cm³/mol. The lowest BCUT2D eigenvalue weighted by atomic mass is 9.94. The van der Waals surface area contributed by atoms with E-state index in [2.05, 4.69) is 45.0 Å². The van der Waals surface area contributed by atoms with Gasteiger partial charge in [-0.25, -0.2) is 9.97 Å². The summed E-state index contributed by atoms with van der Waals surface area (Å²) in [4.78, 5) is 36.3. The van der Waals surface area contributed by atoms with Gasteiger partial charge in [-0.15, -0.1) is 23.1 Å². The molecule has 0 atom stereocenters. The summed E-state index contributed by atoms with van der Waals surface area (Å²) in [6.45, 7) is 5.76. The largest absolute Gasteiger partial charge is 0.420 e. The maximum Gasteiger partial charge on any atom is 0.420 e. The van der Waals surface area contributed by atoms with E-state index in [1.54, 1.807) is 6.07 Å². The number of carbonyl (C=O) groups excluding carboxylic acids is 2. The molecule has 2 saturated carbocycles. The third-order valence-electron chi connectivity index (χ3n) is 8.23. The Hall–Kier alpha value is -3.16. The lowest BCUT2D eigenvalue weighted by Gasteiger charge is -2.29. The summed E-state index contributed by atoms with van der Waals surface area (Å²) in [5.41, 5.74) is 7.76. The lowest BCUT2D eigenvalue weighted by Crippen LogP contribution is -2.33. The van der Waals surface area contributed by atoms with Crippen LogP contribution < -0.4 is 11.1 Å². The number of anilines is 2. The number of amides is 2. The number of carbonyl (C=O) groups is 2. The minimum absolute atomic E-state index is 0.0792. The number of benzene rings is 1. The Bertz CT molecular complexity index is 1540. The molecule has 4 aliphatic rings. The number of nitrogens with one attached hydrogen (secondary N) is 1. The quantitative estimate of drug-likeness (QED) is 0.321. The Labute approximate surface area is 256 Å². The minimum atomic E-state index is -4.62. The van der Waals surface area contributed by atoms with Crippen LogP contribution in [0.25, 0.3) is 10.6 Å². The van der Waals surface area contributed by atoms with Gasteiger partial charge in [0.05, 0.1) is 10.6 Å². The van der Waals surface area contributed by atoms with E-state index in [9.17, 15) is 18.0 Å². The molecule has 1 aromatic carbocycles. The molecule has 0 saturated heterocycles. The first-order valence-corrected chi connectivity index (χ1v) is 16.3. The summed E-state index contributed by atoms with van der Waals surface area (Å²) in [5.74, 6) is 1.23. The van der Waals surface area contributed by atoms with Crippen LogP contribution in [0.2, 0.25) is 0 Å². The average molecular weight is 631 g/mol. The molecule has 2 aromatic heterocycles. The fraction of sp³-hybridized carbons (Fsp3) is 0.467. The van der Waals surface area contributed by atoms with Crippen LogP contribution in [0.15, 0.2) is 29.3 Å². The highest BCUT2D eigenvalue weighted by atomic mass is 32.2. The number of primary amides is 1. The van der Waals surface area contributed by atoms with Gasteiger partial charge >= 0.3 is 6.18 Å². The SMILES string of the molecule is CCN1CCc2cc(Nc3ncc(C(F)(F)F)c(-c4cc5c(s4)C(=O)N(C4CC4)CCS5)n3)c(C3CC3)cc2C1.NC=O. The highest BCUT2D eigenvalue weighted by Gasteiger charge is 2.39. The number of nitrogens with two attached hydrogens (primary N) is 1. The molecular formula is C30H33F3N6O2S2. The third-order valence-corrected chi connectivity index (χ3v) is 10.5. The number of hydrogen-bond donors (Lipinski definition) is 2. The van der Waals surface area contributed by atoms with E-state index < -0.39 is 11.7 Å². The first kappa shape index (κ1) is 29.9. The van der Waals surface area contributed by atoms with Crippen molar-refractivity contribution in [2.45, 2.75) is 68.6 Å². The van der Waals surface area contributed by atoms with Gasteiger partial charge in [0.1, 0.15) is 10.4 Å². The van der Waals surface area contributed by atoms with Crippen LogP contribution in [0.4, 0.5) is 24.8 Å². The van der Waals surface area contributed by atoms with E-state index in [0.717, 1.165) is 85.6 Å². The van der Waals surface area contributed by atoms with E-state index >= 15 is 0 Å². The maximum absolute atomic E-state index is 14.1. The van der Waals surface area contributed by atoms with Gasteiger partial charge in [-0.05, 0) is 73.4 Å². The van der Waals surface area contributed by atoms with Gasteiger partial charge in [0.25, 0.3) is 5.91 Å². The molecule has 13 heteroatoms. The van der Waals surface area contributed by atoms with Crippen LogP contribution in [-0.4, -0.2) is 63.5 Å². The van der Waals surface area contributed by atoms with Crippen molar-refractivity contribution in [3.8, 4) is 10.6 Å². The summed E-state index contributed by atoms with van der Waals surface area (Å²) in [6, 6.07) is 6.38. The van der Waals surface area contributed by atoms with Crippen molar-refractivity contribution in [2.24, 2.45) is 5.73 Å². The number of thioether (sulfide) groups is 1. The number of fused-ring (bicyclic) bond motifs is 2. The van der Waals surface area contributed by atoms with Crippen LogP contribution in [0.3, 0.4) is 0 Å². The molecule has 0 bridgehead atoms. The van der Waals surface area contributed by atoms with Crippen molar-refractivity contribution in [3.63, 3.8) is 0 Å². The molecule has 3 N–H and O–H groups in total.